The van der Waals surface area contributed by atoms with Crippen molar-refractivity contribution in [1.82, 2.24) is 0 Å². The van der Waals surface area contributed by atoms with Crippen molar-refractivity contribution >= 4 is 11.9 Å². The minimum Gasteiger partial charge on any atom is -0.497 e. The fourth-order valence-corrected chi connectivity index (χ4v) is 4.42. The normalized spacial score (nSPS) is 17.9. The fourth-order valence-electron chi connectivity index (χ4n) is 4.42. The predicted molar refractivity (Wildman–Crippen MR) is 140 cm³/mol. The first-order chi connectivity index (χ1) is 18.0. The SMILES string of the molecule is C=CC(=O)OCCCCOC(=O)C1CCC(C(O)Oc2ccc(CCc3ccc(OC)cc3)cc2)CC1. The molecule has 2 aromatic carbocycles. The monoisotopic (exact) mass is 510 g/mol. The maximum atomic E-state index is 12.3. The van der Waals surface area contributed by atoms with Crippen LogP contribution in [0.2, 0.25) is 0 Å². The van der Waals surface area contributed by atoms with Crippen molar-refractivity contribution in [3.05, 3.63) is 72.3 Å². The van der Waals surface area contributed by atoms with E-state index in [4.69, 9.17) is 18.9 Å². The molecule has 7 nitrogen and oxygen atoms in total. The number of rotatable bonds is 14. The van der Waals surface area contributed by atoms with Crippen molar-refractivity contribution in [2.24, 2.45) is 11.8 Å². The summed E-state index contributed by atoms with van der Waals surface area (Å²) < 4.78 is 21.3. The summed E-state index contributed by atoms with van der Waals surface area (Å²) in [5.74, 6) is 0.695. The van der Waals surface area contributed by atoms with Crippen LogP contribution in [-0.2, 0) is 31.9 Å². The Kier molecular flexibility index (Phi) is 11.5. The van der Waals surface area contributed by atoms with E-state index in [1.165, 1.54) is 11.1 Å². The molecule has 3 rings (SSSR count). The van der Waals surface area contributed by atoms with Gasteiger partial charge in [-0.3, -0.25) is 4.79 Å². The second-order valence-electron chi connectivity index (χ2n) is 9.36. The van der Waals surface area contributed by atoms with Crippen LogP contribution >= 0.6 is 0 Å². The number of benzene rings is 2. The third kappa shape index (κ3) is 9.57. The summed E-state index contributed by atoms with van der Waals surface area (Å²) in [6.45, 7) is 3.94. The highest BCUT2D eigenvalue weighted by Crippen LogP contribution is 2.32. The Morgan fingerprint density at radius 2 is 1.43 bits per heavy atom. The molecule has 1 aliphatic rings. The molecule has 2 aromatic rings. The molecular formula is C30H38O7. The van der Waals surface area contributed by atoms with Gasteiger partial charge in [0.15, 0.2) is 6.29 Å². The van der Waals surface area contributed by atoms with Gasteiger partial charge in [0.05, 0.1) is 26.2 Å². The van der Waals surface area contributed by atoms with E-state index in [1.807, 2.05) is 36.4 Å². The number of methoxy groups -OCH3 is 1. The van der Waals surface area contributed by atoms with Crippen LogP contribution in [0, 0.1) is 11.8 Å². The summed E-state index contributed by atoms with van der Waals surface area (Å²) in [5, 5.41) is 10.6. The van der Waals surface area contributed by atoms with Crippen LogP contribution in [-0.4, -0.2) is 43.7 Å². The molecule has 37 heavy (non-hydrogen) atoms. The molecule has 1 unspecified atom stereocenters. The molecule has 1 fully saturated rings. The number of aliphatic hydroxyl groups is 1. The second-order valence-corrected chi connectivity index (χ2v) is 9.36. The van der Waals surface area contributed by atoms with Crippen LogP contribution in [0.1, 0.15) is 49.7 Å². The molecule has 1 atom stereocenters. The van der Waals surface area contributed by atoms with E-state index in [2.05, 4.69) is 18.7 Å². The summed E-state index contributed by atoms with van der Waals surface area (Å²) in [6, 6.07) is 15.9. The molecule has 0 aromatic heterocycles. The quantitative estimate of drug-likeness (QED) is 0.165. The van der Waals surface area contributed by atoms with Crippen LogP contribution in [0.3, 0.4) is 0 Å². The average molecular weight is 511 g/mol. The number of esters is 2. The lowest BCUT2D eigenvalue weighted by Crippen LogP contribution is -2.32. The van der Waals surface area contributed by atoms with E-state index in [1.54, 1.807) is 7.11 Å². The van der Waals surface area contributed by atoms with Crippen LogP contribution < -0.4 is 9.47 Å². The number of hydrogen-bond acceptors (Lipinski definition) is 7. The third-order valence-corrected chi connectivity index (χ3v) is 6.74. The molecule has 0 saturated heterocycles. The first-order valence-electron chi connectivity index (χ1n) is 13.0. The molecular weight excluding hydrogens is 472 g/mol. The molecule has 0 spiro atoms. The topological polar surface area (TPSA) is 91.3 Å². The van der Waals surface area contributed by atoms with Gasteiger partial charge in [-0.05, 0) is 86.8 Å². The van der Waals surface area contributed by atoms with Crippen molar-refractivity contribution in [2.75, 3.05) is 20.3 Å². The Hall–Kier alpha value is -3.32. The zero-order valence-electron chi connectivity index (χ0n) is 21.6. The van der Waals surface area contributed by atoms with Gasteiger partial charge in [-0.15, -0.1) is 0 Å². The summed E-state index contributed by atoms with van der Waals surface area (Å²) in [6.07, 6.45) is 6.10. The number of unbranched alkanes of at least 4 members (excludes halogenated alkanes) is 1. The molecule has 0 aliphatic heterocycles. The number of aliphatic hydroxyl groups excluding tert-OH is 1. The van der Waals surface area contributed by atoms with E-state index >= 15 is 0 Å². The predicted octanol–water partition coefficient (Wildman–Crippen LogP) is 5.04. The molecule has 0 bridgehead atoms. The van der Waals surface area contributed by atoms with Gasteiger partial charge >= 0.3 is 11.9 Å². The number of aryl methyl sites for hydroxylation is 2. The number of carbonyl (C=O) groups is 2. The van der Waals surface area contributed by atoms with Gasteiger partial charge in [0.25, 0.3) is 0 Å². The van der Waals surface area contributed by atoms with E-state index in [-0.39, 0.29) is 24.4 Å². The minimum absolute atomic E-state index is 0.0154. The molecule has 1 saturated carbocycles. The first-order valence-corrected chi connectivity index (χ1v) is 13.0. The van der Waals surface area contributed by atoms with Crippen LogP contribution in [0.25, 0.3) is 0 Å². The fraction of sp³-hybridized carbons (Fsp3) is 0.467. The highest BCUT2D eigenvalue weighted by molar-refractivity contribution is 5.81. The molecule has 0 heterocycles. The number of ether oxygens (including phenoxy) is 4. The van der Waals surface area contributed by atoms with Crippen molar-refractivity contribution in [3.8, 4) is 11.5 Å². The molecule has 0 amide bonds. The average Bonchev–Trinajstić information content (AvgIpc) is 2.94. The Morgan fingerprint density at radius 1 is 0.892 bits per heavy atom. The summed E-state index contributed by atoms with van der Waals surface area (Å²) in [7, 11) is 1.66. The molecule has 7 heteroatoms. The highest BCUT2D eigenvalue weighted by atomic mass is 16.6. The standard InChI is InChI=1S/C30H38O7/c1-3-28(31)35-20-4-5-21-36-29(32)24-12-14-25(15-13-24)30(33)37-27-18-10-23(11-19-27)7-6-22-8-16-26(34-2)17-9-22/h3,8-11,16-19,24-25,30,33H,1,4-7,12-15,20-21H2,2H3. The lowest BCUT2D eigenvalue weighted by Gasteiger charge is -2.30. The van der Waals surface area contributed by atoms with Crippen molar-refractivity contribution < 1.29 is 33.6 Å². The van der Waals surface area contributed by atoms with Crippen molar-refractivity contribution in [3.63, 3.8) is 0 Å². The number of hydrogen-bond donors (Lipinski definition) is 1. The zero-order valence-corrected chi connectivity index (χ0v) is 21.6. The van der Waals surface area contributed by atoms with Crippen molar-refractivity contribution in [2.45, 2.75) is 57.7 Å². The molecule has 1 N–H and O–H groups in total. The molecule has 0 radical (unpaired) electrons. The molecule has 1 aliphatic carbocycles. The molecule has 200 valence electrons. The number of carbonyl (C=O) groups excluding carboxylic acids is 2. The lowest BCUT2D eigenvalue weighted by molar-refractivity contribution is -0.152. The van der Waals surface area contributed by atoms with Gasteiger partial charge < -0.3 is 24.1 Å². The van der Waals surface area contributed by atoms with Gasteiger partial charge in [0.1, 0.15) is 11.5 Å². The van der Waals surface area contributed by atoms with Gasteiger partial charge in [-0.2, -0.15) is 0 Å². The Morgan fingerprint density at radius 3 is 1.97 bits per heavy atom. The third-order valence-electron chi connectivity index (χ3n) is 6.74. The van der Waals surface area contributed by atoms with Crippen LogP contribution in [0.15, 0.2) is 61.2 Å². The van der Waals surface area contributed by atoms with E-state index in [9.17, 15) is 14.7 Å². The van der Waals surface area contributed by atoms with Gasteiger partial charge in [-0.1, -0.05) is 30.8 Å². The maximum Gasteiger partial charge on any atom is 0.330 e. The first kappa shape index (κ1) is 28.3. The van der Waals surface area contributed by atoms with E-state index in [0.29, 0.717) is 50.9 Å². The van der Waals surface area contributed by atoms with Gasteiger partial charge in [-0.25, -0.2) is 4.79 Å². The Labute approximate surface area is 219 Å². The highest BCUT2D eigenvalue weighted by Gasteiger charge is 2.31. The minimum atomic E-state index is -0.902. The smallest absolute Gasteiger partial charge is 0.330 e. The Bertz CT molecular complexity index is 976. The van der Waals surface area contributed by atoms with Crippen LogP contribution in [0.5, 0.6) is 11.5 Å². The van der Waals surface area contributed by atoms with Gasteiger partial charge in [0.2, 0.25) is 0 Å². The summed E-state index contributed by atoms with van der Waals surface area (Å²) >= 11 is 0. The van der Waals surface area contributed by atoms with E-state index in [0.717, 1.165) is 24.7 Å². The maximum absolute atomic E-state index is 12.3. The summed E-state index contributed by atoms with van der Waals surface area (Å²) in [4.78, 5) is 23.3. The Balaban J connectivity index is 1.32. The lowest BCUT2D eigenvalue weighted by atomic mass is 9.81. The van der Waals surface area contributed by atoms with Crippen LogP contribution in [0.4, 0.5) is 0 Å². The largest absolute Gasteiger partial charge is 0.497 e. The van der Waals surface area contributed by atoms with Gasteiger partial charge in [0, 0.05) is 12.0 Å². The second kappa shape index (κ2) is 15.1. The zero-order chi connectivity index (χ0) is 26.5. The summed E-state index contributed by atoms with van der Waals surface area (Å²) in [5.41, 5.74) is 2.46. The van der Waals surface area contributed by atoms with Crippen molar-refractivity contribution in [1.29, 1.82) is 0 Å². The van der Waals surface area contributed by atoms with E-state index < -0.39 is 12.3 Å².